The van der Waals surface area contributed by atoms with Gasteiger partial charge >= 0.3 is 0 Å². The highest BCUT2D eigenvalue weighted by Crippen LogP contribution is 2.23. The molecule has 5 heteroatoms. The van der Waals surface area contributed by atoms with E-state index in [2.05, 4.69) is 57.4 Å². The maximum Gasteiger partial charge on any atom is 0.254 e. The molecular formula is C22H30N4O. The van der Waals surface area contributed by atoms with E-state index in [9.17, 15) is 4.79 Å². The van der Waals surface area contributed by atoms with Crippen LogP contribution in [-0.4, -0.2) is 35.5 Å². The van der Waals surface area contributed by atoms with Crippen LogP contribution in [-0.2, 0) is 6.42 Å². The van der Waals surface area contributed by atoms with Gasteiger partial charge in [0.25, 0.3) is 5.91 Å². The third kappa shape index (κ3) is 5.78. The van der Waals surface area contributed by atoms with Crippen molar-refractivity contribution in [2.45, 2.75) is 45.4 Å². The average Bonchev–Trinajstić information content (AvgIpc) is 2.72. The maximum atomic E-state index is 12.1. The molecule has 0 atom stereocenters. The van der Waals surface area contributed by atoms with Crippen molar-refractivity contribution in [1.82, 2.24) is 15.3 Å². The summed E-state index contributed by atoms with van der Waals surface area (Å²) in [6.45, 7) is 4.81. The molecule has 1 aliphatic rings. The molecular weight excluding hydrogens is 336 g/mol. The van der Waals surface area contributed by atoms with E-state index < -0.39 is 0 Å². The number of aromatic nitrogens is 2. The Hall–Kier alpha value is -2.43. The summed E-state index contributed by atoms with van der Waals surface area (Å²) in [5.74, 6) is 1.37. The number of nitrogens with zero attached hydrogens (tertiary/aromatic N) is 3. The molecule has 5 nitrogen and oxygen atoms in total. The summed E-state index contributed by atoms with van der Waals surface area (Å²) in [6.07, 6.45) is 10.0. The first-order valence-electron chi connectivity index (χ1n) is 10.2. The monoisotopic (exact) mass is 366 g/mol. The molecule has 0 saturated carbocycles. The predicted octanol–water partition coefficient (Wildman–Crippen LogP) is 3.86. The highest BCUT2D eigenvalue weighted by Gasteiger charge is 2.21. The van der Waals surface area contributed by atoms with Crippen molar-refractivity contribution in [2.24, 2.45) is 5.92 Å². The van der Waals surface area contributed by atoms with Crippen LogP contribution < -0.4 is 10.2 Å². The number of benzene rings is 1. The van der Waals surface area contributed by atoms with Crippen LogP contribution in [0.2, 0.25) is 0 Å². The molecule has 1 aromatic heterocycles. The van der Waals surface area contributed by atoms with Gasteiger partial charge in [-0.3, -0.25) is 4.79 Å². The van der Waals surface area contributed by atoms with Crippen LogP contribution >= 0.6 is 0 Å². The van der Waals surface area contributed by atoms with E-state index in [1.165, 1.54) is 5.56 Å². The van der Waals surface area contributed by atoms with Gasteiger partial charge < -0.3 is 10.2 Å². The molecule has 2 heterocycles. The summed E-state index contributed by atoms with van der Waals surface area (Å²) in [5, 5.41) is 2.93. The maximum absolute atomic E-state index is 12.1. The van der Waals surface area contributed by atoms with Gasteiger partial charge in [-0.25, -0.2) is 9.97 Å². The van der Waals surface area contributed by atoms with Gasteiger partial charge in [0.15, 0.2) is 0 Å². The molecule has 0 aliphatic carbocycles. The van der Waals surface area contributed by atoms with E-state index >= 15 is 0 Å². The first kappa shape index (κ1) is 19.3. The second-order valence-electron chi connectivity index (χ2n) is 7.35. The summed E-state index contributed by atoms with van der Waals surface area (Å²) >= 11 is 0. The lowest BCUT2D eigenvalue weighted by Gasteiger charge is -2.32. The number of carbonyl (C=O) groups is 1. The number of anilines is 1. The minimum absolute atomic E-state index is 0.0841. The Morgan fingerprint density at radius 2 is 1.81 bits per heavy atom. The third-order valence-electron chi connectivity index (χ3n) is 5.23. The fourth-order valence-electron chi connectivity index (χ4n) is 3.57. The van der Waals surface area contributed by atoms with Crippen LogP contribution in [0.15, 0.2) is 42.7 Å². The highest BCUT2D eigenvalue weighted by atomic mass is 16.1. The minimum Gasteiger partial charge on any atom is -0.352 e. The number of rotatable bonds is 8. The van der Waals surface area contributed by atoms with Crippen molar-refractivity contribution in [3.63, 3.8) is 0 Å². The highest BCUT2D eigenvalue weighted by molar-refractivity contribution is 5.93. The van der Waals surface area contributed by atoms with Crippen molar-refractivity contribution < 1.29 is 4.79 Å². The van der Waals surface area contributed by atoms with Gasteiger partial charge in [0.2, 0.25) is 5.95 Å². The molecule has 0 bridgehead atoms. The molecule has 1 saturated heterocycles. The van der Waals surface area contributed by atoms with Crippen LogP contribution in [0.5, 0.6) is 0 Å². The van der Waals surface area contributed by atoms with Crippen molar-refractivity contribution in [3.05, 3.63) is 53.9 Å². The zero-order valence-electron chi connectivity index (χ0n) is 16.2. The molecule has 0 radical (unpaired) electrons. The predicted molar refractivity (Wildman–Crippen MR) is 109 cm³/mol. The van der Waals surface area contributed by atoms with Gasteiger partial charge in [0.1, 0.15) is 0 Å². The second kappa shape index (κ2) is 10.0. The number of amides is 1. The van der Waals surface area contributed by atoms with Gasteiger partial charge in [-0.05, 0) is 37.2 Å². The molecule has 144 valence electrons. The van der Waals surface area contributed by atoms with Crippen molar-refractivity contribution in [1.29, 1.82) is 0 Å². The van der Waals surface area contributed by atoms with Crippen molar-refractivity contribution in [3.8, 4) is 0 Å². The van der Waals surface area contributed by atoms with Gasteiger partial charge in [0.05, 0.1) is 5.56 Å². The third-order valence-corrected chi connectivity index (χ3v) is 5.23. The van der Waals surface area contributed by atoms with E-state index in [1.54, 1.807) is 12.4 Å². The summed E-state index contributed by atoms with van der Waals surface area (Å²) in [7, 11) is 0. The number of piperidine rings is 1. The number of hydrogen-bond donors (Lipinski definition) is 1. The molecule has 0 unspecified atom stereocenters. The van der Waals surface area contributed by atoms with Crippen LogP contribution in [0.4, 0.5) is 5.95 Å². The molecule has 1 N–H and O–H groups in total. The Morgan fingerprint density at radius 3 is 2.48 bits per heavy atom. The van der Waals surface area contributed by atoms with Gasteiger partial charge in [-0.15, -0.1) is 0 Å². The molecule has 1 amide bonds. The SMILES string of the molecule is CCCCCNC(=O)c1cnc(N2CCC(Cc3ccccc3)CC2)nc1. The zero-order valence-corrected chi connectivity index (χ0v) is 16.2. The van der Waals surface area contributed by atoms with E-state index in [4.69, 9.17) is 0 Å². The summed E-state index contributed by atoms with van der Waals surface area (Å²) in [6, 6.07) is 10.7. The quantitative estimate of drug-likeness (QED) is 0.721. The van der Waals surface area contributed by atoms with E-state index in [0.717, 1.165) is 63.5 Å². The van der Waals surface area contributed by atoms with Gasteiger partial charge in [-0.2, -0.15) is 0 Å². The normalized spacial score (nSPS) is 14.9. The minimum atomic E-state index is -0.0841. The van der Waals surface area contributed by atoms with Crippen molar-refractivity contribution in [2.75, 3.05) is 24.5 Å². The topological polar surface area (TPSA) is 58.1 Å². The Morgan fingerprint density at radius 1 is 1.11 bits per heavy atom. The molecule has 2 aromatic rings. The first-order valence-corrected chi connectivity index (χ1v) is 10.2. The van der Waals surface area contributed by atoms with Crippen LogP contribution in [0.1, 0.15) is 54.9 Å². The molecule has 27 heavy (non-hydrogen) atoms. The van der Waals surface area contributed by atoms with Gasteiger partial charge in [-0.1, -0.05) is 50.1 Å². The number of carbonyl (C=O) groups excluding carboxylic acids is 1. The first-order chi connectivity index (χ1) is 13.3. The zero-order chi connectivity index (χ0) is 18.9. The summed E-state index contributed by atoms with van der Waals surface area (Å²) < 4.78 is 0. The van der Waals surface area contributed by atoms with Crippen molar-refractivity contribution >= 4 is 11.9 Å². The molecule has 1 aliphatic heterocycles. The number of hydrogen-bond acceptors (Lipinski definition) is 4. The number of nitrogens with one attached hydrogen (secondary N) is 1. The Labute approximate surface area is 162 Å². The van der Waals surface area contributed by atoms with E-state index in [0.29, 0.717) is 12.1 Å². The Kier molecular flexibility index (Phi) is 7.19. The molecule has 3 rings (SSSR count). The number of unbranched alkanes of at least 4 members (excludes halogenated alkanes) is 2. The average molecular weight is 367 g/mol. The lowest BCUT2D eigenvalue weighted by Crippen LogP contribution is -2.35. The molecule has 0 spiro atoms. The Balaban J connectivity index is 1.46. The summed E-state index contributed by atoms with van der Waals surface area (Å²) in [5.41, 5.74) is 1.95. The second-order valence-corrected chi connectivity index (χ2v) is 7.35. The molecule has 1 fully saturated rings. The Bertz CT molecular complexity index is 694. The van der Waals surface area contributed by atoms with E-state index in [-0.39, 0.29) is 5.91 Å². The standard InChI is InChI=1S/C22H30N4O/c1-2-3-7-12-23-21(27)20-16-24-22(25-17-20)26-13-10-19(11-14-26)15-18-8-5-4-6-9-18/h4-6,8-9,16-17,19H,2-3,7,10-15H2,1H3,(H,23,27). The smallest absolute Gasteiger partial charge is 0.254 e. The van der Waals surface area contributed by atoms with Crippen LogP contribution in [0.3, 0.4) is 0 Å². The lowest BCUT2D eigenvalue weighted by atomic mass is 9.90. The van der Waals surface area contributed by atoms with Crippen LogP contribution in [0.25, 0.3) is 0 Å². The fourth-order valence-corrected chi connectivity index (χ4v) is 3.57. The largest absolute Gasteiger partial charge is 0.352 e. The van der Waals surface area contributed by atoms with Gasteiger partial charge in [0, 0.05) is 32.0 Å². The lowest BCUT2D eigenvalue weighted by molar-refractivity contribution is 0.0952. The molecule has 1 aromatic carbocycles. The van der Waals surface area contributed by atoms with Crippen LogP contribution in [0, 0.1) is 5.92 Å². The fraction of sp³-hybridized carbons (Fsp3) is 0.500. The summed E-state index contributed by atoms with van der Waals surface area (Å²) in [4.78, 5) is 23.2. The van der Waals surface area contributed by atoms with E-state index in [1.807, 2.05) is 0 Å².